The van der Waals surface area contributed by atoms with Crippen LogP contribution in [0.1, 0.15) is 25.3 Å². The molecule has 5 rings (SSSR count). The van der Waals surface area contributed by atoms with E-state index in [2.05, 4.69) is 14.9 Å². The molecule has 7 nitrogen and oxygen atoms in total. The number of aromatic amines is 2. The number of fused-ring (bicyclic) bond motifs is 2. The molecule has 2 aromatic heterocycles. The highest BCUT2D eigenvalue weighted by molar-refractivity contribution is 6.66. The molecule has 0 atom stereocenters. The number of nitrogens with zero attached hydrogens (tertiary/aromatic N) is 3. The van der Waals surface area contributed by atoms with Crippen LogP contribution in [0.2, 0.25) is 5.02 Å². The smallest absolute Gasteiger partial charge is 0.306 e. The van der Waals surface area contributed by atoms with Gasteiger partial charge < -0.3 is 14.9 Å². The number of benzene rings is 2. The van der Waals surface area contributed by atoms with Gasteiger partial charge in [0.05, 0.1) is 22.1 Å². The topological polar surface area (TPSA) is 78.8 Å². The van der Waals surface area contributed by atoms with Gasteiger partial charge >= 0.3 is 11.4 Å². The largest absolute Gasteiger partial charge is 0.326 e. The lowest BCUT2D eigenvalue weighted by atomic mass is 9.66. The molecule has 164 valence electrons. The van der Waals surface area contributed by atoms with Crippen LogP contribution in [0.4, 0.5) is 0 Å². The zero-order valence-corrected chi connectivity index (χ0v) is 19.4. The molecule has 2 N–H and O–H groups in total. The van der Waals surface area contributed by atoms with E-state index in [9.17, 15) is 9.59 Å². The molecule has 2 aromatic carbocycles. The Bertz CT molecular complexity index is 1510. The minimum Gasteiger partial charge on any atom is -0.306 e. The SMILES string of the molecule is [B]c1c([B])c([B])c2c([nH]c(=O)n2CCCN2CCC(n3c(=O)[nH]c4cc(Cl)ccc43)CC2)c1[B]. The van der Waals surface area contributed by atoms with E-state index in [-0.39, 0.29) is 39.3 Å². The first-order valence-electron chi connectivity index (χ1n) is 11.2. The fraction of sp³-hybridized carbons (Fsp3) is 0.364. The number of hydrogen-bond acceptors (Lipinski definition) is 3. The van der Waals surface area contributed by atoms with Crippen molar-refractivity contribution < 1.29 is 0 Å². The highest BCUT2D eigenvalue weighted by Crippen LogP contribution is 2.26. The molecule has 1 saturated heterocycles. The number of aromatic nitrogens is 4. The lowest BCUT2D eigenvalue weighted by molar-refractivity contribution is 0.183. The van der Waals surface area contributed by atoms with Crippen molar-refractivity contribution in [2.75, 3.05) is 19.6 Å². The van der Waals surface area contributed by atoms with E-state index in [4.69, 9.17) is 43.0 Å². The molecule has 0 bridgehead atoms. The van der Waals surface area contributed by atoms with E-state index in [1.807, 2.05) is 10.6 Å². The predicted octanol–water partition coefficient (Wildman–Crippen LogP) is -1.47. The third-order valence-electron chi connectivity index (χ3n) is 6.84. The standard InChI is InChI=1S/C22H20B4ClN5O2/c23-15-16(24)18(26)20-19(17(15)25)29-21(33)31(20)7-1-6-30-8-4-12(5-9-30)32-14-3-2-11(27)10-13(14)28-22(32)34/h2-3,10,12H,1,4-9H2,(H,28,34)(H,29,33). The molecule has 4 aromatic rings. The summed E-state index contributed by atoms with van der Waals surface area (Å²) in [4.78, 5) is 33.1. The van der Waals surface area contributed by atoms with Gasteiger partial charge in [0.1, 0.15) is 31.4 Å². The van der Waals surface area contributed by atoms with Crippen molar-refractivity contribution in [2.45, 2.75) is 31.8 Å². The number of H-pyrrole nitrogens is 2. The van der Waals surface area contributed by atoms with E-state index < -0.39 is 0 Å². The molecule has 1 fully saturated rings. The van der Waals surface area contributed by atoms with Crippen molar-refractivity contribution in [1.82, 2.24) is 24.0 Å². The van der Waals surface area contributed by atoms with Gasteiger partial charge in [0, 0.05) is 30.7 Å². The molecule has 0 amide bonds. The predicted molar refractivity (Wildman–Crippen MR) is 141 cm³/mol. The number of imidazole rings is 2. The van der Waals surface area contributed by atoms with Gasteiger partial charge in [-0.25, -0.2) is 9.59 Å². The second kappa shape index (κ2) is 8.93. The molecule has 12 heteroatoms. The molecule has 0 saturated carbocycles. The Kier molecular flexibility index (Phi) is 6.10. The average molecular weight is 465 g/mol. The number of halogens is 1. The highest BCUT2D eigenvalue weighted by atomic mass is 35.5. The fourth-order valence-corrected chi connectivity index (χ4v) is 5.20. The van der Waals surface area contributed by atoms with Crippen LogP contribution < -0.4 is 33.2 Å². The molecule has 1 aliphatic rings. The maximum atomic E-state index is 12.5. The number of nitrogens with one attached hydrogen (secondary N) is 2. The Hall–Kier alpha value is -2.51. The Morgan fingerprint density at radius 2 is 1.62 bits per heavy atom. The molecule has 34 heavy (non-hydrogen) atoms. The van der Waals surface area contributed by atoms with Gasteiger partial charge in [0.2, 0.25) is 0 Å². The number of likely N-dealkylation sites (tertiary alicyclic amines) is 1. The molecule has 1 aliphatic heterocycles. The molecule has 8 radical (unpaired) electrons. The van der Waals surface area contributed by atoms with E-state index >= 15 is 0 Å². The van der Waals surface area contributed by atoms with Gasteiger partial charge in [-0.05, 0) is 44.0 Å². The van der Waals surface area contributed by atoms with Crippen molar-refractivity contribution in [3.05, 3.63) is 44.2 Å². The zero-order chi connectivity index (χ0) is 24.1. The van der Waals surface area contributed by atoms with Crippen LogP contribution >= 0.6 is 11.6 Å². The Morgan fingerprint density at radius 1 is 0.912 bits per heavy atom. The van der Waals surface area contributed by atoms with E-state index in [0.717, 1.165) is 49.9 Å². The Labute approximate surface area is 206 Å². The summed E-state index contributed by atoms with van der Waals surface area (Å²) in [6, 6.07) is 5.60. The summed E-state index contributed by atoms with van der Waals surface area (Å²) in [6.07, 6.45) is 2.47. The van der Waals surface area contributed by atoms with Crippen molar-refractivity contribution in [3.8, 4) is 0 Å². The van der Waals surface area contributed by atoms with Gasteiger partial charge in [0.25, 0.3) is 0 Å². The van der Waals surface area contributed by atoms with E-state index in [1.165, 1.54) is 0 Å². The van der Waals surface area contributed by atoms with Crippen LogP contribution in [0, 0.1) is 0 Å². The fourth-order valence-electron chi connectivity index (χ4n) is 5.03. The number of piperidine rings is 1. The molecule has 3 heterocycles. The average Bonchev–Trinajstić information content (AvgIpc) is 3.32. The summed E-state index contributed by atoms with van der Waals surface area (Å²) in [7, 11) is 24.1. The van der Waals surface area contributed by atoms with Crippen LogP contribution in [-0.2, 0) is 6.54 Å². The van der Waals surface area contributed by atoms with Gasteiger partial charge in [-0.3, -0.25) is 9.13 Å². The third-order valence-corrected chi connectivity index (χ3v) is 7.07. The minimum atomic E-state index is -0.295. The van der Waals surface area contributed by atoms with Crippen molar-refractivity contribution in [2.24, 2.45) is 0 Å². The van der Waals surface area contributed by atoms with Crippen LogP contribution in [0.3, 0.4) is 0 Å². The quantitative estimate of drug-likeness (QED) is 0.354. The van der Waals surface area contributed by atoms with Gasteiger partial charge in [-0.2, -0.15) is 0 Å². The van der Waals surface area contributed by atoms with Gasteiger partial charge in [-0.1, -0.05) is 22.5 Å². The summed E-state index contributed by atoms with van der Waals surface area (Å²) < 4.78 is 3.41. The second-order valence-electron chi connectivity index (χ2n) is 8.85. The van der Waals surface area contributed by atoms with Crippen LogP contribution in [-0.4, -0.2) is 75.0 Å². The Morgan fingerprint density at radius 3 is 2.35 bits per heavy atom. The summed E-state index contributed by atoms with van der Waals surface area (Å²) in [6.45, 7) is 3.00. The summed E-state index contributed by atoms with van der Waals surface area (Å²) >= 11 is 6.06. The molecular formula is C22H20B4ClN5O2. The normalized spacial score (nSPS) is 15.6. The van der Waals surface area contributed by atoms with Crippen molar-refractivity contribution in [1.29, 1.82) is 0 Å². The molecule has 0 aliphatic carbocycles. The maximum absolute atomic E-state index is 12.5. The second-order valence-corrected chi connectivity index (χ2v) is 9.28. The lowest BCUT2D eigenvalue weighted by Gasteiger charge is -2.32. The van der Waals surface area contributed by atoms with E-state index in [1.54, 1.807) is 16.7 Å². The number of aryl methyl sites for hydroxylation is 1. The molecule has 0 spiro atoms. The van der Waals surface area contributed by atoms with E-state index in [0.29, 0.717) is 22.6 Å². The van der Waals surface area contributed by atoms with Crippen LogP contribution in [0.5, 0.6) is 0 Å². The summed E-state index contributed by atoms with van der Waals surface area (Å²) in [5, 5.41) is 0.598. The molecule has 0 unspecified atom stereocenters. The first kappa shape index (κ1) is 23.2. The Balaban J connectivity index is 1.25. The minimum absolute atomic E-state index is 0.105. The van der Waals surface area contributed by atoms with Gasteiger partial charge in [0.15, 0.2) is 0 Å². The maximum Gasteiger partial charge on any atom is 0.326 e. The summed E-state index contributed by atoms with van der Waals surface area (Å²) in [5.74, 6) is 0. The zero-order valence-electron chi connectivity index (χ0n) is 18.6. The van der Waals surface area contributed by atoms with Crippen molar-refractivity contribution in [3.63, 3.8) is 0 Å². The number of rotatable bonds is 5. The first-order chi connectivity index (χ1) is 16.3. The monoisotopic (exact) mass is 465 g/mol. The van der Waals surface area contributed by atoms with Gasteiger partial charge in [-0.15, -0.1) is 10.9 Å². The lowest BCUT2D eigenvalue weighted by Crippen LogP contribution is -2.48. The van der Waals surface area contributed by atoms with Crippen LogP contribution in [0.25, 0.3) is 22.1 Å². The van der Waals surface area contributed by atoms with Crippen molar-refractivity contribution >= 4 is 86.9 Å². The number of hydrogen-bond donors (Lipinski definition) is 2. The van der Waals surface area contributed by atoms with Crippen LogP contribution in [0.15, 0.2) is 27.8 Å². The first-order valence-corrected chi connectivity index (χ1v) is 11.6. The highest BCUT2D eigenvalue weighted by Gasteiger charge is 2.23. The summed E-state index contributed by atoms with van der Waals surface area (Å²) in [5.41, 5.74) is 3.00. The third kappa shape index (κ3) is 3.89. The molecular weight excluding hydrogens is 445 g/mol.